The number of aliphatic hydroxyl groups is 1. The predicted octanol–water partition coefficient (Wildman–Crippen LogP) is 6.74. The predicted molar refractivity (Wildman–Crippen MR) is 224 cm³/mol. The molecule has 1 aliphatic rings. The van der Waals surface area contributed by atoms with E-state index in [1.807, 2.05) is 91.0 Å². The monoisotopic (exact) mass is 859 g/mol. The van der Waals surface area contributed by atoms with E-state index in [1.54, 1.807) is 12.1 Å². The van der Waals surface area contributed by atoms with Crippen LogP contribution < -0.4 is 5.73 Å². The fraction of sp³-hybridized carbons (Fsp3) is 0.184. The number of carboxylic acid groups (broad SMARTS) is 2. The molecule has 0 aromatic heterocycles. The van der Waals surface area contributed by atoms with Crippen LogP contribution in [0.1, 0.15) is 43.0 Å². The average molecular weight is 860 g/mol. The van der Waals surface area contributed by atoms with Gasteiger partial charge in [-0.1, -0.05) is 140 Å². The molecule has 0 bridgehead atoms. The van der Waals surface area contributed by atoms with Crippen LogP contribution in [0.2, 0.25) is 0 Å². The largest absolute Gasteiger partial charge is 0.478 e. The summed E-state index contributed by atoms with van der Waals surface area (Å²) in [7, 11) is 0. The minimum absolute atomic E-state index is 0.0190. The van der Waals surface area contributed by atoms with Gasteiger partial charge in [0.25, 0.3) is 0 Å². The van der Waals surface area contributed by atoms with Crippen molar-refractivity contribution in [2.75, 3.05) is 19.8 Å². The SMILES string of the molecule is NC1(c2cccc(F)c2F)CO[C@H](COC(c2ccccc2)(c2ccccc2)c2ccccc2)[C@H]1CO.O=C(OC(C(=O)O)[C@@H](OC(=O)c1ccccc1)C(=O)O)c1ccccc1. The van der Waals surface area contributed by atoms with E-state index in [4.69, 9.17) is 24.7 Å². The molecule has 0 radical (unpaired) electrons. The molecule has 7 rings (SSSR count). The smallest absolute Gasteiger partial charge is 0.349 e. The number of nitrogens with two attached hydrogens (primary N) is 1. The molecule has 1 heterocycles. The van der Waals surface area contributed by atoms with Crippen molar-refractivity contribution in [2.24, 2.45) is 11.7 Å². The van der Waals surface area contributed by atoms with Crippen LogP contribution in [-0.2, 0) is 39.7 Å². The molecule has 0 spiro atoms. The third kappa shape index (κ3) is 10.2. The molecule has 0 amide bonds. The van der Waals surface area contributed by atoms with Gasteiger partial charge in [-0.25, -0.2) is 28.0 Å². The maximum Gasteiger partial charge on any atom is 0.349 e. The van der Waals surface area contributed by atoms with E-state index >= 15 is 0 Å². The first-order valence-corrected chi connectivity index (χ1v) is 19.6. The summed E-state index contributed by atoms with van der Waals surface area (Å²) in [6.45, 7) is -0.406. The van der Waals surface area contributed by atoms with E-state index in [0.717, 1.165) is 22.8 Å². The Kier molecular flexibility index (Phi) is 14.9. The number of aliphatic carboxylic acids is 2. The highest BCUT2D eigenvalue weighted by Crippen LogP contribution is 2.43. The molecule has 1 fully saturated rings. The molecule has 0 aliphatic carbocycles. The second kappa shape index (κ2) is 20.6. The summed E-state index contributed by atoms with van der Waals surface area (Å²) in [5, 5.41) is 28.8. The first-order valence-electron chi connectivity index (χ1n) is 19.6. The Morgan fingerprint density at radius 2 is 1.03 bits per heavy atom. The third-order valence-electron chi connectivity index (χ3n) is 10.6. The van der Waals surface area contributed by atoms with Crippen molar-refractivity contribution < 1.29 is 62.2 Å². The Balaban J connectivity index is 0.000000224. The summed E-state index contributed by atoms with van der Waals surface area (Å²) in [6.07, 6.45) is -5.09. The van der Waals surface area contributed by atoms with Crippen molar-refractivity contribution in [3.8, 4) is 0 Å². The van der Waals surface area contributed by atoms with Crippen LogP contribution in [0.15, 0.2) is 170 Å². The number of halogens is 2. The molecule has 6 aromatic rings. The highest BCUT2D eigenvalue weighted by Gasteiger charge is 2.51. The Morgan fingerprint density at radius 3 is 1.41 bits per heavy atom. The first kappa shape index (κ1) is 45.4. The van der Waals surface area contributed by atoms with Gasteiger partial charge in [0.1, 0.15) is 5.60 Å². The zero-order chi connectivity index (χ0) is 45.0. The van der Waals surface area contributed by atoms with Crippen LogP contribution >= 0.6 is 0 Å². The molecule has 63 heavy (non-hydrogen) atoms. The summed E-state index contributed by atoms with van der Waals surface area (Å²) in [5.41, 5.74) is 7.00. The number of aliphatic hydroxyl groups excluding tert-OH is 1. The molecule has 14 heteroatoms. The minimum atomic E-state index is -2.21. The van der Waals surface area contributed by atoms with Crippen LogP contribution in [0.25, 0.3) is 0 Å². The van der Waals surface area contributed by atoms with Crippen LogP contribution in [0, 0.1) is 17.6 Å². The van der Waals surface area contributed by atoms with Gasteiger partial charge in [-0.2, -0.15) is 0 Å². The number of esters is 2. The van der Waals surface area contributed by atoms with Gasteiger partial charge < -0.3 is 40.0 Å². The van der Waals surface area contributed by atoms with Gasteiger partial charge in [0.2, 0.25) is 12.2 Å². The van der Waals surface area contributed by atoms with Gasteiger partial charge in [-0.05, 0) is 47.0 Å². The van der Waals surface area contributed by atoms with Gasteiger partial charge in [-0.3, -0.25) is 0 Å². The molecule has 0 saturated carbocycles. The lowest BCUT2D eigenvalue weighted by atomic mass is 9.78. The summed E-state index contributed by atoms with van der Waals surface area (Å²) in [5.74, 6) is -8.37. The summed E-state index contributed by atoms with van der Waals surface area (Å²) < 4.78 is 51.2. The summed E-state index contributed by atoms with van der Waals surface area (Å²) >= 11 is 0. The number of ether oxygens (including phenoxy) is 4. The Hall–Kier alpha value is -7.10. The summed E-state index contributed by atoms with van der Waals surface area (Å²) in [4.78, 5) is 46.8. The topological polar surface area (TPSA) is 192 Å². The number of benzene rings is 6. The lowest BCUT2D eigenvalue weighted by molar-refractivity contribution is -0.166. The van der Waals surface area contributed by atoms with E-state index in [2.05, 4.69) is 0 Å². The van der Waals surface area contributed by atoms with Crippen molar-refractivity contribution in [2.45, 2.75) is 29.5 Å². The second-order valence-corrected chi connectivity index (χ2v) is 14.4. The quantitative estimate of drug-likeness (QED) is 0.0629. The maximum absolute atomic E-state index is 14.8. The molecule has 6 aromatic carbocycles. The van der Waals surface area contributed by atoms with E-state index in [-0.39, 0.29) is 36.5 Å². The lowest BCUT2D eigenvalue weighted by Crippen LogP contribution is -2.48. The fourth-order valence-corrected chi connectivity index (χ4v) is 7.36. The summed E-state index contributed by atoms with van der Waals surface area (Å²) in [6, 6.07) is 48.4. The molecule has 12 nitrogen and oxygen atoms in total. The lowest BCUT2D eigenvalue weighted by Gasteiger charge is -2.37. The van der Waals surface area contributed by atoms with Crippen molar-refractivity contribution in [3.05, 3.63) is 215 Å². The zero-order valence-electron chi connectivity index (χ0n) is 33.5. The first-order chi connectivity index (χ1) is 30.4. The van der Waals surface area contributed by atoms with Crippen molar-refractivity contribution in [1.29, 1.82) is 0 Å². The van der Waals surface area contributed by atoms with Gasteiger partial charge in [0, 0.05) is 11.5 Å². The van der Waals surface area contributed by atoms with Gasteiger partial charge in [0.05, 0.1) is 42.6 Å². The Labute approximate surface area is 361 Å². The molecule has 1 aliphatic heterocycles. The Morgan fingerprint density at radius 1 is 0.635 bits per heavy atom. The van der Waals surface area contributed by atoms with E-state index in [9.17, 15) is 43.3 Å². The number of carbonyl (C=O) groups is 4. The molecule has 5 N–H and O–H groups in total. The molecular formula is C49H43F2NO11. The number of hydrogen-bond acceptors (Lipinski definition) is 10. The van der Waals surface area contributed by atoms with Crippen molar-refractivity contribution in [3.63, 3.8) is 0 Å². The number of hydrogen-bond donors (Lipinski definition) is 4. The highest BCUT2D eigenvalue weighted by molar-refractivity contribution is 5.95. The van der Waals surface area contributed by atoms with E-state index in [0.29, 0.717) is 0 Å². The van der Waals surface area contributed by atoms with Gasteiger partial charge in [0.15, 0.2) is 11.6 Å². The normalized spacial score (nSPS) is 17.9. The van der Waals surface area contributed by atoms with Crippen LogP contribution in [-0.4, -0.2) is 77.3 Å². The van der Waals surface area contributed by atoms with Crippen LogP contribution in [0.4, 0.5) is 8.78 Å². The standard InChI is InChI=1S/C31H29F2NO3.C18H14O8/c32-27-18-10-17-25(29(27)33)30(34)21-36-28(26(30)19-35)20-37-31(22-11-4-1-5-12-22,23-13-6-2-7-14-23)24-15-8-3-9-16-24;19-15(20)13(25-17(23)11-7-3-1-4-8-11)14(16(21)22)26-18(24)12-9-5-2-6-10-12/h1-18,26,28,35H,19-21,34H2;1-10,13-14H,(H,19,20)(H,21,22)/t26-,28-,30?;13-,14?/m11/s1. The molecule has 1 saturated heterocycles. The van der Waals surface area contributed by atoms with E-state index in [1.165, 1.54) is 60.7 Å². The third-order valence-corrected chi connectivity index (χ3v) is 10.6. The number of rotatable bonds is 15. The second-order valence-electron chi connectivity index (χ2n) is 14.4. The number of carboxylic acids is 2. The van der Waals surface area contributed by atoms with Gasteiger partial charge >= 0.3 is 23.9 Å². The molecule has 2 unspecified atom stereocenters. The zero-order valence-corrected chi connectivity index (χ0v) is 33.5. The van der Waals surface area contributed by atoms with E-state index < -0.39 is 70.9 Å². The van der Waals surface area contributed by atoms with Crippen molar-refractivity contribution in [1.82, 2.24) is 0 Å². The molecular weight excluding hydrogens is 817 g/mol. The maximum atomic E-state index is 14.8. The average Bonchev–Trinajstić information content (AvgIpc) is 3.65. The number of carbonyl (C=O) groups excluding carboxylic acids is 2. The minimum Gasteiger partial charge on any atom is -0.478 e. The fourth-order valence-electron chi connectivity index (χ4n) is 7.36. The van der Waals surface area contributed by atoms with Crippen LogP contribution in [0.5, 0.6) is 0 Å². The Bertz CT molecular complexity index is 2300. The molecule has 5 atom stereocenters. The highest BCUT2D eigenvalue weighted by atomic mass is 19.2. The van der Waals surface area contributed by atoms with Gasteiger partial charge in [-0.15, -0.1) is 0 Å². The molecule has 324 valence electrons. The van der Waals surface area contributed by atoms with Crippen LogP contribution in [0.3, 0.4) is 0 Å². The van der Waals surface area contributed by atoms with Crippen molar-refractivity contribution >= 4 is 23.9 Å².